The van der Waals surface area contributed by atoms with Gasteiger partial charge in [-0.15, -0.1) is 0 Å². The van der Waals surface area contributed by atoms with E-state index in [0.717, 1.165) is 29.5 Å². The third-order valence-corrected chi connectivity index (χ3v) is 3.26. The zero-order chi connectivity index (χ0) is 9.97. The molecule has 0 radical (unpaired) electrons. The number of aliphatic hydroxyl groups is 1. The standard InChI is InChI=1S/C11H13BrO2/c12-9-5-2-1-4-8(9)11(13)10-6-3-7-14-10/h1-2,4-5,10-11,13H,3,6-7H2. The number of hydrogen-bond donors (Lipinski definition) is 1. The van der Waals surface area contributed by atoms with Crippen molar-refractivity contribution >= 4 is 15.9 Å². The van der Waals surface area contributed by atoms with E-state index in [-0.39, 0.29) is 6.10 Å². The number of benzene rings is 1. The summed E-state index contributed by atoms with van der Waals surface area (Å²) in [6.07, 6.45) is 1.45. The zero-order valence-corrected chi connectivity index (χ0v) is 9.40. The van der Waals surface area contributed by atoms with Gasteiger partial charge in [0, 0.05) is 11.1 Å². The van der Waals surface area contributed by atoms with Crippen LogP contribution in [0.3, 0.4) is 0 Å². The average molecular weight is 257 g/mol. The van der Waals surface area contributed by atoms with Crippen LogP contribution in [0.4, 0.5) is 0 Å². The Morgan fingerprint density at radius 1 is 1.43 bits per heavy atom. The number of ether oxygens (including phenoxy) is 1. The minimum absolute atomic E-state index is 0.0336. The molecule has 1 aliphatic rings. The Morgan fingerprint density at radius 3 is 2.86 bits per heavy atom. The van der Waals surface area contributed by atoms with Gasteiger partial charge in [0.15, 0.2) is 0 Å². The van der Waals surface area contributed by atoms with Crippen molar-refractivity contribution in [2.45, 2.75) is 25.0 Å². The molecule has 0 spiro atoms. The first-order valence-corrected chi connectivity index (χ1v) is 5.62. The van der Waals surface area contributed by atoms with Gasteiger partial charge in [-0.1, -0.05) is 34.1 Å². The summed E-state index contributed by atoms with van der Waals surface area (Å²) < 4.78 is 6.40. The molecule has 1 N–H and O–H groups in total. The number of rotatable bonds is 2. The molecular weight excluding hydrogens is 244 g/mol. The molecule has 1 aromatic carbocycles. The Kier molecular flexibility index (Phi) is 3.21. The molecule has 2 atom stereocenters. The van der Waals surface area contributed by atoms with Crippen molar-refractivity contribution in [2.75, 3.05) is 6.61 Å². The van der Waals surface area contributed by atoms with E-state index in [9.17, 15) is 5.11 Å². The molecule has 14 heavy (non-hydrogen) atoms. The molecule has 0 amide bonds. The predicted molar refractivity (Wildman–Crippen MR) is 58.1 cm³/mol. The van der Waals surface area contributed by atoms with Gasteiger partial charge in [-0.25, -0.2) is 0 Å². The van der Waals surface area contributed by atoms with E-state index in [1.54, 1.807) is 0 Å². The highest BCUT2D eigenvalue weighted by molar-refractivity contribution is 9.10. The van der Waals surface area contributed by atoms with Crippen LogP contribution in [0, 0.1) is 0 Å². The van der Waals surface area contributed by atoms with Crippen molar-refractivity contribution < 1.29 is 9.84 Å². The molecular formula is C11H13BrO2. The molecule has 1 aromatic rings. The van der Waals surface area contributed by atoms with Gasteiger partial charge in [0.2, 0.25) is 0 Å². The molecule has 0 bridgehead atoms. The van der Waals surface area contributed by atoms with Crippen molar-refractivity contribution in [1.29, 1.82) is 0 Å². The summed E-state index contributed by atoms with van der Waals surface area (Å²) in [5.41, 5.74) is 0.916. The van der Waals surface area contributed by atoms with E-state index in [1.807, 2.05) is 24.3 Å². The lowest BCUT2D eigenvalue weighted by Gasteiger charge is -2.18. The molecule has 0 saturated carbocycles. The molecule has 1 saturated heterocycles. The van der Waals surface area contributed by atoms with E-state index in [4.69, 9.17) is 4.74 Å². The fraction of sp³-hybridized carbons (Fsp3) is 0.455. The highest BCUT2D eigenvalue weighted by Gasteiger charge is 2.26. The summed E-state index contributed by atoms with van der Waals surface area (Å²) in [4.78, 5) is 0. The van der Waals surface area contributed by atoms with Crippen LogP contribution in [0.15, 0.2) is 28.7 Å². The fourth-order valence-electron chi connectivity index (χ4n) is 1.77. The second-order valence-corrected chi connectivity index (χ2v) is 4.37. The van der Waals surface area contributed by atoms with Crippen molar-refractivity contribution in [3.63, 3.8) is 0 Å². The molecule has 1 aliphatic heterocycles. The van der Waals surface area contributed by atoms with Gasteiger partial charge in [0.05, 0.1) is 6.10 Å². The summed E-state index contributed by atoms with van der Waals surface area (Å²) in [5.74, 6) is 0. The maximum atomic E-state index is 10.0. The Morgan fingerprint density at radius 2 is 2.21 bits per heavy atom. The molecule has 0 aromatic heterocycles. The summed E-state index contributed by atoms with van der Waals surface area (Å²) in [7, 11) is 0. The van der Waals surface area contributed by atoms with Crippen LogP contribution in [0.2, 0.25) is 0 Å². The van der Waals surface area contributed by atoms with Gasteiger partial charge in [-0.2, -0.15) is 0 Å². The first-order chi connectivity index (χ1) is 6.79. The van der Waals surface area contributed by atoms with Crippen LogP contribution in [0.25, 0.3) is 0 Å². The Bertz CT molecular complexity index is 308. The Labute approximate surface area is 92.0 Å². The third-order valence-electron chi connectivity index (χ3n) is 2.54. The molecule has 2 rings (SSSR count). The molecule has 3 heteroatoms. The summed E-state index contributed by atoms with van der Waals surface area (Å²) in [5, 5.41) is 10.0. The lowest BCUT2D eigenvalue weighted by Crippen LogP contribution is -2.17. The van der Waals surface area contributed by atoms with Crippen molar-refractivity contribution in [1.82, 2.24) is 0 Å². The highest BCUT2D eigenvalue weighted by atomic mass is 79.9. The van der Waals surface area contributed by atoms with Crippen LogP contribution in [0.5, 0.6) is 0 Å². The van der Waals surface area contributed by atoms with Gasteiger partial charge in [-0.05, 0) is 24.5 Å². The van der Waals surface area contributed by atoms with Gasteiger partial charge < -0.3 is 9.84 Å². The summed E-state index contributed by atoms with van der Waals surface area (Å²) in [6, 6.07) is 7.73. The maximum absolute atomic E-state index is 10.0. The smallest absolute Gasteiger partial charge is 0.106 e. The van der Waals surface area contributed by atoms with Gasteiger partial charge in [-0.3, -0.25) is 0 Å². The number of halogens is 1. The summed E-state index contributed by atoms with van der Waals surface area (Å²) in [6.45, 7) is 0.770. The lowest BCUT2D eigenvalue weighted by atomic mass is 10.0. The Hall–Kier alpha value is -0.380. The van der Waals surface area contributed by atoms with E-state index in [2.05, 4.69) is 15.9 Å². The number of aliphatic hydroxyl groups excluding tert-OH is 1. The van der Waals surface area contributed by atoms with Crippen molar-refractivity contribution in [3.8, 4) is 0 Å². The monoisotopic (exact) mass is 256 g/mol. The van der Waals surface area contributed by atoms with E-state index in [1.165, 1.54) is 0 Å². The zero-order valence-electron chi connectivity index (χ0n) is 7.82. The van der Waals surface area contributed by atoms with Gasteiger partial charge >= 0.3 is 0 Å². The van der Waals surface area contributed by atoms with Crippen LogP contribution >= 0.6 is 15.9 Å². The first kappa shape index (κ1) is 10.1. The topological polar surface area (TPSA) is 29.5 Å². The third kappa shape index (κ3) is 2.00. The minimum Gasteiger partial charge on any atom is -0.386 e. The molecule has 0 aliphatic carbocycles. The first-order valence-electron chi connectivity index (χ1n) is 4.83. The van der Waals surface area contributed by atoms with Crippen LogP contribution < -0.4 is 0 Å². The van der Waals surface area contributed by atoms with E-state index >= 15 is 0 Å². The van der Waals surface area contributed by atoms with Gasteiger partial charge in [0.1, 0.15) is 6.10 Å². The van der Waals surface area contributed by atoms with Gasteiger partial charge in [0.25, 0.3) is 0 Å². The van der Waals surface area contributed by atoms with Crippen molar-refractivity contribution in [2.24, 2.45) is 0 Å². The molecule has 2 unspecified atom stereocenters. The molecule has 1 heterocycles. The minimum atomic E-state index is -0.506. The maximum Gasteiger partial charge on any atom is 0.106 e. The van der Waals surface area contributed by atoms with Crippen LogP contribution in [0.1, 0.15) is 24.5 Å². The average Bonchev–Trinajstić information content (AvgIpc) is 2.70. The quantitative estimate of drug-likeness (QED) is 0.882. The van der Waals surface area contributed by atoms with Crippen LogP contribution in [-0.4, -0.2) is 17.8 Å². The van der Waals surface area contributed by atoms with E-state index < -0.39 is 6.10 Å². The normalized spacial score (nSPS) is 23.7. The SMILES string of the molecule is OC(c1ccccc1Br)C1CCCO1. The molecule has 1 fully saturated rings. The predicted octanol–water partition coefficient (Wildman–Crippen LogP) is 2.66. The van der Waals surface area contributed by atoms with Crippen molar-refractivity contribution in [3.05, 3.63) is 34.3 Å². The highest BCUT2D eigenvalue weighted by Crippen LogP contribution is 2.30. The second kappa shape index (κ2) is 4.43. The molecule has 2 nitrogen and oxygen atoms in total. The number of hydrogen-bond acceptors (Lipinski definition) is 2. The van der Waals surface area contributed by atoms with E-state index in [0.29, 0.717) is 0 Å². The Balaban J connectivity index is 2.17. The lowest BCUT2D eigenvalue weighted by molar-refractivity contribution is -0.00293. The second-order valence-electron chi connectivity index (χ2n) is 3.52. The fourth-order valence-corrected chi connectivity index (χ4v) is 2.29. The summed E-state index contributed by atoms with van der Waals surface area (Å²) >= 11 is 3.43. The largest absolute Gasteiger partial charge is 0.386 e. The molecule has 76 valence electrons. The van der Waals surface area contributed by atoms with Crippen LogP contribution in [-0.2, 0) is 4.74 Å².